The maximum atomic E-state index is 14.0. The van der Waals surface area contributed by atoms with Gasteiger partial charge in [0.05, 0.1) is 6.54 Å². The Bertz CT molecular complexity index is 398. The number of alkyl halides is 1. The van der Waals surface area contributed by atoms with Crippen LogP contribution in [0, 0.1) is 0 Å². The Balaban J connectivity index is 3.29. The summed E-state index contributed by atoms with van der Waals surface area (Å²) in [6.07, 6.45) is 0. The molecule has 0 unspecified atom stereocenters. The van der Waals surface area contributed by atoms with Crippen LogP contribution in [-0.4, -0.2) is 19.4 Å². The van der Waals surface area contributed by atoms with Gasteiger partial charge in [-0.1, -0.05) is 23.7 Å². The van der Waals surface area contributed by atoms with Crippen LogP contribution in [0.1, 0.15) is 29.8 Å². The first-order chi connectivity index (χ1) is 7.38. The highest BCUT2D eigenvalue weighted by Crippen LogP contribution is 2.34. The fraction of sp³-hybridized carbons (Fsp3) is 0.417. The Hall–Kier alpha value is -0.930. The first-order valence-electron chi connectivity index (χ1n) is 5.03. The highest BCUT2D eigenvalue weighted by molar-refractivity contribution is 6.32. The van der Waals surface area contributed by atoms with E-state index >= 15 is 0 Å². The monoisotopic (exact) mass is 243 g/mol. The van der Waals surface area contributed by atoms with Crippen LogP contribution in [0.3, 0.4) is 0 Å². The van der Waals surface area contributed by atoms with E-state index < -0.39 is 5.67 Å². The van der Waals surface area contributed by atoms with Gasteiger partial charge in [0.2, 0.25) is 0 Å². The second-order valence-corrected chi connectivity index (χ2v) is 4.50. The molecule has 0 atom stereocenters. The van der Waals surface area contributed by atoms with E-state index in [9.17, 15) is 9.18 Å². The molecule has 0 aliphatic rings. The Morgan fingerprint density at radius 3 is 2.62 bits per heavy atom. The number of carbonyl (C=O) groups excluding carboxylic acids is 1. The predicted octanol–water partition coefficient (Wildman–Crippen LogP) is 2.95. The summed E-state index contributed by atoms with van der Waals surface area (Å²) in [7, 11) is 1.67. The molecule has 0 saturated carbocycles. The van der Waals surface area contributed by atoms with Crippen LogP contribution in [-0.2, 0) is 5.67 Å². The lowest BCUT2D eigenvalue weighted by Gasteiger charge is -2.20. The molecule has 0 bridgehead atoms. The van der Waals surface area contributed by atoms with E-state index in [2.05, 4.69) is 5.32 Å². The molecule has 1 rings (SSSR count). The fourth-order valence-electron chi connectivity index (χ4n) is 1.62. The van der Waals surface area contributed by atoms with Crippen LogP contribution in [0.25, 0.3) is 0 Å². The van der Waals surface area contributed by atoms with Crippen molar-refractivity contribution in [2.45, 2.75) is 19.5 Å². The van der Waals surface area contributed by atoms with Gasteiger partial charge in [-0.15, -0.1) is 0 Å². The van der Waals surface area contributed by atoms with Crippen molar-refractivity contribution in [2.75, 3.05) is 13.6 Å². The Morgan fingerprint density at radius 2 is 2.12 bits per heavy atom. The molecule has 1 aromatic rings. The molecule has 0 radical (unpaired) electrons. The standard InChI is InChI=1S/C12H15ClFNO/c1-12(2,14)11-8(10(16)7-15-3)5-4-6-9(11)13/h4-6,15H,7H2,1-3H3. The van der Waals surface area contributed by atoms with Gasteiger partial charge in [0, 0.05) is 16.1 Å². The molecule has 0 aliphatic heterocycles. The van der Waals surface area contributed by atoms with E-state index in [-0.39, 0.29) is 22.9 Å². The summed E-state index contributed by atoms with van der Waals surface area (Å²) in [5.74, 6) is -0.161. The van der Waals surface area contributed by atoms with Gasteiger partial charge in [0.25, 0.3) is 0 Å². The van der Waals surface area contributed by atoms with Crippen molar-refractivity contribution in [3.63, 3.8) is 0 Å². The van der Waals surface area contributed by atoms with Crippen LogP contribution in [0.4, 0.5) is 4.39 Å². The maximum absolute atomic E-state index is 14.0. The van der Waals surface area contributed by atoms with Crippen LogP contribution in [0.5, 0.6) is 0 Å². The topological polar surface area (TPSA) is 29.1 Å². The number of rotatable bonds is 4. The summed E-state index contributed by atoms with van der Waals surface area (Å²) >= 11 is 5.95. The normalized spacial score (nSPS) is 11.6. The highest BCUT2D eigenvalue weighted by atomic mass is 35.5. The summed E-state index contributed by atoms with van der Waals surface area (Å²) in [6.45, 7) is 2.96. The number of carbonyl (C=O) groups is 1. The maximum Gasteiger partial charge on any atom is 0.177 e. The molecule has 1 aromatic carbocycles. The zero-order valence-corrected chi connectivity index (χ0v) is 10.4. The largest absolute Gasteiger partial charge is 0.313 e. The molecule has 0 fully saturated rings. The van der Waals surface area contributed by atoms with Crippen LogP contribution < -0.4 is 5.32 Å². The Morgan fingerprint density at radius 1 is 1.50 bits per heavy atom. The fourth-order valence-corrected chi connectivity index (χ4v) is 2.02. The van der Waals surface area contributed by atoms with Gasteiger partial charge in [0.1, 0.15) is 5.67 Å². The van der Waals surface area contributed by atoms with E-state index in [1.165, 1.54) is 13.8 Å². The van der Waals surface area contributed by atoms with Crippen LogP contribution in [0.2, 0.25) is 5.02 Å². The number of ketones is 1. The van der Waals surface area contributed by atoms with Crippen molar-refractivity contribution < 1.29 is 9.18 Å². The number of hydrogen-bond donors (Lipinski definition) is 1. The minimum atomic E-state index is -1.63. The second kappa shape index (κ2) is 4.93. The molecule has 2 nitrogen and oxygen atoms in total. The van der Waals surface area contributed by atoms with E-state index in [0.717, 1.165) is 0 Å². The molecule has 0 aromatic heterocycles. The molecule has 1 N–H and O–H groups in total. The second-order valence-electron chi connectivity index (χ2n) is 4.09. The third-order valence-electron chi connectivity index (χ3n) is 2.25. The van der Waals surface area contributed by atoms with Crippen molar-refractivity contribution in [1.82, 2.24) is 5.32 Å². The molecule has 0 spiro atoms. The SMILES string of the molecule is CNCC(=O)c1cccc(Cl)c1C(C)(C)F. The van der Waals surface area contributed by atoms with E-state index in [4.69, 9.17) is 11.6 Å². The van der Waals surface area contributed by atoms with Crippen LogP contribution in [0.15, 0.2) is 18.2 Å². The first kappa shape index (κ1) is 13.1. The number of nitrogens with one attached hydrogen (secondary N) is 1. The average Bonchev–Trinajstić information content (AvgIpc) is 2.15. The van der Waals surface area contributed by atoms with E-state index in [0.29, 0.717) is 5.56 Å². The highest BCUT2D eigenvalue weighted by Gasteiger charge is 2.27. The van der Waals surface area contributed by atoms with Crippen molar-refractivity contribution in [2.24, 2.45) is 0 Å². The smallest absolute Gasteiger partial charge is 0.177 e. The van der Waals surface area contributed by atoms with E-state index in [1.807, 2.05) is 0 Å². The van der Waals surface area contributed by atoms with E-state index in [1.54, 1.807) is 25.2 Å². The van der Waals surface area contributed by atoms with Crippen molar-refractivity contribution >= 4 is 17.4 Å². The number of halogens is 2. The lowest BCUT2D eigenvalue weighted by Crippen LogP contribution is -2.23. The van der Waals surface area contributed by atoms with Gasteiger partial charge in [0.15, 0.2) is 5.78 Å². The predicted molar refractivity (Wildman–Crippen MR) is 63.8 cm³/mol. The number of likely N-dealkylation sites (N-methyl/N-ethyl adjacent to an activating group) is 1. The van der Waals surface area contributed by atoms with Gasteiger partial charge in [-0.3, -0.25) is 4.79 Å². The van der Waals surface area contributed by atoms with Gasteiger partial charge in [-0.25, -0.2) is 4.39 Å². The molecule has 4 heteroatoms. The summed E-state index contributed by atoms with van der Waals surface area (Å²) in [4.78, 5) is 11.8. The quantitative estimate of drug-likeness (QED) is 0.824. The Kier molecular flexibility index (Phi) is 4.05. The number of Topliss-reactive ketones (excluding diaryl/α,β-unsaturated/α-hetero) is 1. The number of benzene rings is 1. The zero-order valence-electron chi connectivity index (χ0n) is 9.60. The van der Waals surface area contributed by atoms with Crippen molar-refractivity contribution in [3.8, 4) is 0 Å². The minimum Gasteiger partial charge on any atom is -0.313 e. The molecule has 0 saturated heterocycles. The van der Waals surface area contributed by atoms with Gasteiger partial charge >= 0.3 is 0 Å². The third-order valence-corrected chi connectivity index (χ3v) is 2.56. The molecule has 0 amide bonds. The molecular formula is C12H15ClFNO. The zero-order chi connectivity index (χ0) is 12.3. The van der Waals surface area contributed by atoms with Crippen molar-refractivity contribution in [1.29, 1.82) is 0 Å². The summed E-state index contributed by atoms with van der Waals surface area (Å²) in [5, 5.41) is 3.04. The average molecular weight is 244 g/mol. The van der Waals surface area contributed by atoms with Crippen molar-refractivity contribution in [3.05, 3.63) is 34.3 Å². The molecule has 0 heterocycles. The molecule has 16 heavy (non-hydrogen) atoms. The Labute approximate surface area is 99.8 Å². The van der Waals surface area contributed by atoms with Crippen LogP contribution >= 0.6 is 11.6 Å². The molecular weight excluding hydrogens is 229 g/mol. The first-order valence-corrected chi connectivity index (χ1v) is 5.41. The number of hydrogen-bond acceptors (Lipinski definition) is 2. The summed E-state index contributed by atoms with van der Waals surface area (Å²) in [6, 6.07) is 4.84. The third kappa shape index (κ3) is 2.80. The summed E-state index contributed by atoms with van der Waals surface area (Å²) < 4.78 is 14.0. The molecule has 88 valence electrons. The lowest BCUT2D eigenvalue weighted by atomic mass is 9.92. The lowest BCUT2D eigenvalue weighted by molar-refractivity contribution is 0.0986. The minimum absolute atomic E-state index is 0.161. The van der Waals surface area contributed by atoms with Gasteiger partial charge in [-0.05, 0) is 27.0 Å². The van der Waals surface area contributed by atoms with Gasteiger partial charge in [-0.2, -0.15) is 0 Å². The molecule has 0 aliphatic carbocycles. The summed E-state index contributed by atoms with van der Waals surface area (Å²) in [5.41, 5.74) is -1.02. The van der Waals surface area contributed by atoms with Gasteiger partial charge < -0.3 is 5.32 Å².